The van der Waals surface area contributed by atoms with Gasteiger partial charge in [-0.3, -0.25) is 18.0 Å². The quantitative estimate of drug-likeness (QED) is 0.0932. The highest BCUT2D eigenvalue weighted by Crippen LogP contribution is 2.79. The molecule has 7 atom stereocenters. The Kier molecular flexibility index (Phi) is 8.72. The summed E-state index contributed by atoms with van der Waals surface area (Å²) in [6, 6.07) is 0. The maximum Gasteiger partial charge on any atom is 0.381 e. The summed E-state index contributed by atoms with van der Waals surface area (Å²) in [4.78, 5) is 40.9. The highest BCUT2D eigenvalue weighted by atomic mass is 35.5. The Hall–Kier alpha value is -0.325. The molecule has 3 radical (unpaired) electrons. The van der Waals surface area contributed by atoms with Crippen molar-refractivity contribution in [3.8, 4) is 0 Å². The summed E-state index contributed by atoms with van der Waals surface area (Å²) in [5.74, 6) is 0.130. The molecule has 2 saturated heterocycles. The van der Waals surface area contributed by atoms with Crippen LogP contribution >= 0.6 is 57.6 Å². The van der Waals surface area contributed by atoms with E-state index in [4.69, 9.17) is 69.8 Å². The average Bonchev–Trinajstić information content (AvgIpc) is 3.49. The number of rotatable bonds is 10. The Morgan fingerprint density at radius 1 is 1.21 bits per heavy atom. The van der Waals surface area contributed by atoms with Crippen molar-refractivity contribution in [3.63, 3.8) is 0 Å². The number of nitrogens with zero attached hydrogens (tertiary/aromatic N) is 4. The number of alkyl halides is 2. The van der Waals surface area contributed by atoms with Gasteiger partial charge in [-0.1, -0.05) is 35.0 Å². The Morgan fingerprint density at radius 3 is 2.47 bits per heavy atom. The molecule has 0 aromatic carbocycles. The molecule has 0 amide bonds. The highest BCUT2D eigenvalue weighted by Gasteiger charge is 2.61. The number of halogens is 2. The topological polar surface area (TPSA) is 237 Å². The van der Waals surface area contributed by atoms with E-state index in [1.54, 1.807) is 6.26 Å². The summed E-state index contributed by atoms with van der Waals surface area (Å²) in [7, 11) is -9.71. The summed E-state index contributed by atoms with van der Waals surface area (Å²) in [6.07, 6.45) is -0.690. The predicted molar refractivity (Wildman–Crippen MR) is 133 cm³/mol. The number of methoxy groups -OCH3 is 1. The van der Waals surface area contributed by atoms with Gasteiger partial charge in [-0.2, -0.15) is 0 Å². The van der Waals surface area contributed by atoms with Crippen LogP contribution in [-0.4, -0.2) is 90.3 Å². The van der Waals surface area contributed by atoms with Crippen molar-refractivity contribution in [2.45, 2.75) is 40.0 Å². The molecule has 38 heavy (non-hydrogen) atoms. The van der Waals surface area contributed by atoms with Crippen LogP contribution < -0.4 is 5.73 Å². The second-order valence-electron chi connectivity index (χ2n) is 7.70. The molecule has 2 aromatic heterocycles. The van der Waals surface area contributed by atoms with E-state index < -0.39 is 64.1 Å². The molecule has 2 aliphatic heterocycles. The lowest BCUT2D eigenvalue weighted by Crippen LogP contribution is -2.32. The van der Waals surface area contributed by atoms with E-state index in [-0.39, 0.29) is 5.82 Å². The number of nitrogens with two attached hydrogens (primary N) is 1. The Labute approximate surface area is 229 Å². The molecule has 2 fully saturated rings. The van der Waals surface area contributed by atoms with Crippen molar-refractivity contribution >= 4 is 82.2 Å². The molecule has 4 rings (SSSR count). The van der Waals surface area contributed by atoms with Crippen LogP contribution in [0.15, 0.2) is 11.5 Å². The smallest absolute Gasteiger partial charge is 0.381 e. The zero-order chi connectivity index (χ0) is 28.3. The molecular weight excluding hydrogens is 637 g/mol. The molecule has 0 bridgehead atoms. The highest BCUT2D eigenvalue weighted by molar-refractivity contribution is 7.98. The van der Waals surface area contributed by atoms with E-state index in [2.05, 4.69) is 19.3 Å². The Balaban J connectivity index is 1.56. The maximum atomic E-state index is 12.6. The molecule has 17 nitrogen and oxygen atoms in total. The number of imidazole rings is 1. The molecule has 5 N–H and O–H groups in total. The summed E-state index contributed by atoms with van der Waals surface area (Å²) in [6.45, 7) is -1.80. The van der Waals surface area contributed by atoms with Crippen LogP contribution in [0.1, 0.15) is 6.23 Å². The molecule has 211 valence electrons. The molecule has 2 aromatic rings. The summed E-state index contributed by atoms with van der Waals surface area (Å²) >= 11 is 11.9. The first-order valence-corrected chi connectivity index (χ1v) is 16.8. The number of fused-ring (bicyclic) bond motifs is 2. The standard InChI is InChI=1S/C14H19BCl2N5O12P3S/c1-29-13-32-7-5(3-30-37(15,28)34-36(26,27)14(16,17)35(23,24)25)31-11(8(7)33-13)22-4-19-6-9(18)20-12(38-2)21-10(6)22/h4-5,7-8,11,13H,3H2,1-2H3,(H,26,27)(H2,18,20,21)(H2,23,24,25)/q-1/t5-,7-,8-,11-,13?,37?/m1/s1. The molecule has 0 aliphatic carbocycles. The number of anilines is 1. The van der Waals surface area contributed by atoms with Crippen LogP contribution in [0.25, 0.3) is 11.2 Å². The minimum atomic E-state index is -5.73. The fourth-order valence-corrected chi connectivity index (χ4v) is 8.28. The first kappa shape index (κ1) is 30.6. The third-order valence-corrected chi connectivity index (χ3v) is 13.6. The molecule has 4 heterocycles. The van der Waals surface area contributed by atoms with Crippen molar-refractivity contribution in [2.75, 3.05) is 25.7 Å². The van der Waals surface area contributed by atoms with Gasteiger partial charge < -0.3 is 56.0 Å². The average molecular weight is 656 g/mol. The van der Waals surface area contributed by atoms with Crippen molar-refractivity contribution in [3.05, 3.63) is 6.33 Å². The second kappa shape index (κ2) is 10.8. The summed E-state index contributed by atoms with van der Waals surface area (Å²) in [5.41, 5.74) is 6.58. The van der Waals surface area contributed by atoms with Gasteiger partial charge in [0.2, 0.25) is 0 Å². The summed E-state index contributed by atoms with van der Waals surface area (Å²) < 4.78 is 65.8. The lowest BCUT2D eigenvalue weighted by Gasteiger charge is -2.33. The molecule has 24 heteroatoms. The number of thioether (sulfide) groups is 1. The fraction of sp³-hybridized carbons (Fsp3) is 0.643. The minimum absolute atomic E-state index is 0.130. The van der Waals surface area contributed by atoms with Gasteiger partial charge in [0, 0.05) is 7.11 Å². The molecule has 0 spiro atoms. The maximum absolute atomic E-state index is 12.6. The molecule has 3 unspecified atom stereocenters. The third kappa shape index (κ3) is 5.71. The van der Waals surface area contributed by atoms with E-state index in [1.807, 2.05) is 0 Å². The van der Waals surface area contributed by atoms with Gasteiger partial charge in [-0.15, -0.1) is 0 Å². The Morgan fingerprint density at radius 2 is 1.87 bits per heavy atom. The first-order chi connectivity index (χ1) is 17.5. The first-order valence-electron chi connectivity index (χ1n) is 10.1. The SMILES string of the molecule is [B-]P(=O)(OC[C@H]1O[C@@H](n2cnc3c(N)nc(SC)nc32)[C@@H]2OC(OC)O[C@@H]21)OP(=O)(O)C(Cl)(Cl)P(=O)(O)O. The predicted octanol–water partition coefficient (Wildman–Crippen LogP) is 1.50. The van der Waals surface area contributed by atoms with E-state index >= 15 is 0 Å². The summed E-state index contributed by atoms with van der Waals surface area (Å²) in [5, 5.41) is 0.365. The van der Waals surface area contributed by atoms with Gasteiger partial charge in [0.05, 0.1) is 20.4 Å². The van der Waals surface area contributed by atoms with Gasteiger partial charge >= 0.3 is 19.0 Å². The number of nitrogen functional groups attached to an aromatic ring is 1. The second-order valence-corrected chi connectivity index (χ2v) is 16.7. The van der Waals surface area contributed by atoms with Gasteiger partial charge in [0.25, 0.3) is 6.48 Å². The van der Waals surface area contributed by atoms with Crippen LogP contribution in [0.4, 0.5) is 5.82 Å². The van der Waals surface area contributed by atoms with Crippen molar-refractivity contribution in [2.24, 2.45) is 0 Å². The lowest BCUT2D eigenvalue weighted by atomic mass is 10.1. The van der Waals surface area contributed by atoms with Gasteiger partial charge in [-0.25, -0.2) is 15.0 Å². The normalized spacial score (nSPS) is 29.3. The van der Waals surface area contributed by atoms with Crippen LogP contribution in [0, 0.1) is 0 Å². The monoisotopic (exact) mass is 655 g/mol. The molecular formula is C14H19BCl2N5O12P3S-. The zero-order valence-electron chi connectivity index (χ0n) is 19.1. The number of aromatic nitrogens is 4. The Bertz CT molecular complexity index is 1370. The number of ether oxygens (including phenoxy) is 4. The van der Waals surface area contributed by atoms with E-state index in [9.17, 15) is 18.6 Å². The van der Waals surface area contributed by atoms with Gasteiger partial charge in [0.15, 0.2) is 22.8 Å². The van der Waals surface area contributed by atoms with Crippen molar-refractivity contribution in [1.29, 1.82) is 0 Å². The third-order valence-electron chi connectivity index (χ3n) is 5.23. The number of hydrogen-bond acceptors (Lipinski definition) is 14. The van der Waals surface area contributed by atoms with E-state index in [0.29, 0.717) is 16.3 Å². The zero-order valence-corrected chi connectivity index (χ0v) is 24.1. The molecule has 2 aliphatic rings. The van der Waals surface area contributed by atoms with Crippen molar-refractivity contribution < 1.29 is 56.2 Å². The largest absolute Gasteiger partial charge is 0.443 e. The van der Waals surface area contributed by atoms with Crippen LogP contribution in [-0.2, 0) is 41.5 Å². The van der Waals surface area contributed by atoms with Crippen LogP contribution in [0.5, 0.6) is 0 Å². The fourth-order valence-electron chi connectivity index (χ4n) is 3.54. The van der Waals surface area contributed by atoms with Gasteiger partial charge in [-0.05, 0) is 6.26 Å². The van der Waals surface area contributed by atoms with Crippen LogP contribution in [0.2, 0.25) is 0 Å². The van der Waals surface area contributed by atoms with E-state index in [0.717, 1.165) is 0 Å². The van der Waals surface area contributed by atoms with Crippen LogP contribution in [0.3, 0.4) is 0 Å². The number of hydrogen-bond donors (Lipinski definition) is 4. The lowest BCUT2D eigenvalue weighted by molar-refractivity contribution is -0.256. The van der Waals surface area contributed by atoms with Crippen molar-refractivity contribution in [1.82, 2.24) is 19.5 Å². The molecule has 0 saturated carbocycles. The van der Waals surface area contributed by atoms with E-state index in [1.165, 1.54) is 29.8 Å². The minimum Gasteiger partial charge on any atom is -0.443 e. The van der Waals surface area contributed by atoms with Gasteiger partial charge in [0.1, 0.15) is 23.8 Å².